The maximum absolute atomic E-state index is 12.8. The van der Waals surface area contributed by atoms with E-state index < -0.39 is 0 Å². The maximum Gasteiger partial charge on any atom is 0.253 e. The van der Waals surface area contributed by atoms with Crippen molar-refractivity contribution in [3.8, 4) is 0 Å². The van der Waals surface area contributed by atoms with Gasteiger partial charge in [-0.05, 0) is 37.5 Å². The van der Waals surface area contributed by atoms with Crippen molar-refractivity contribution in [2.24, 2.45) is 5.92 Å². The van der Waals surface area contributed by atoms with Gasteiger partial charge in [0, 0.05) is 57.4 Å². The zero-order valence-corrected chi connectivity index (χ0v) is 14.7. The van der Waals surface area contributed by atoms with Crippen LogP contribution in [0.15, 0.2) is 24.3 Å². The molecule has 1 heterocycles. The highest BCUT2D eigenvalue weighted by Gasteiger charge is 2.31. The van der Waals surface area contributed by atoms with Crippen LogP contribution >= 0.6 is 0 Å². The molecule has 1 aromatic carbocycles. The van der Waals surface area contributed by atoms with Crippen LogP contribution in [0.2, 0.25) is 0 Å². The predicted octanol–water partition coefficient (Wildman–Crippen LogP) is 2.23. The first kappa shape index (κ1) is 16.8. The highest BCUT2D eigenvalue weighted by Crippen LogP contribution is 2.28. The van der Waals surface area contributed by atoms with E-state index in [2.05, 4.69) is 0 Å². The molecule has 0 radical (unpaired) electrons. The molecule has 3 rings (SSSR count). The van der Waals surface area contributed by atoms with Gasteiger partial charge >= 0.3 is 0 Å². The Morgan fingerprint density at radius 2 is 1.71 bits per heavy atom. The van der Waals surface area contributed by atoms with Gasteiger partial charge in [0.05, 0.1) is 0 Å². The molecule has 0 N–H and O–H groups in total. The van der Waals surface area contributed by atoms with Crippen LogP contribution < -0.4 is 4.90 Å². The Kier molecular flexibility index (Phi) is 5.07. The summed E-state index contributed by atoms with van der Waals surface area (Å²) in [6, 6.07) is 7.73. The summed E-state index contributed by atoms with van der Waals surface area (Å²) in [7, 11) is 3.94. The zero-order chi connectivity index (χ0) is 17.1. The monoisotopic (exact) mass is 329 g/mol. The summed E-state index contributed by atoms with van der Waals surface area (Å²) in [5.41, 5.74) is 1.75. The van der Waals surface area contributed by atoms with Crippen molar-refractivity contribution >= 4 is 17.5 Å². The number of anilines is 1. The van der Waals surface area contributed by atoms with Gasteiger partial charge < -0.3 is 14.7 Å². The van der Waals surface area contributed by atoms with Crippen molar-refractivity contribution in [3.05, 3.63) is 29.8 Å². The molecule has 24 heavy (non-hydrogen) atoms. The van der Waals surface area contributed by atoms with Gasteiger partial charge in [0.2, 0.25) is 5.91 Å². The number of hydrogen-bond acceptors (Lipinski definition) is 3. The zero-order valence-electron chi connectivity index (χ0n) is 14.7. The molecule has 1 saturated heterocycles. The number of carbonyl (C=O) groups excluding carboxylic acids is 2. The van der Waals surface area contributed by atoms with E-state index in [0.29, 0.717) is 19.0 Å². The molecule has 130 valence electrons. The van der Waals surface area contributed by atoms with Crippen molar-refractivity contribution in [3.63, 3.8) is 0 Å². The number of carbonyl (C=O) groups is 2. The van der Waals surface area contributed by atoms with Crippen molar-refractivity contribution < 1.29 is 9.59 Å². The lowest BCUT2D eigenvalue weighted by Gasteiger charge is -2.31. The number of rotatable bonds is 3. The standard InChI is InChI=1S/C19H27N3O2/c1-20(2)17-9-4-8-16(14-17)19(24)22-11-5-10-21(12-13-22)18(23)15-6-3-7-15/h4,8-9,14-15H,3,5-7,10-13H2,1-2H3. The normalized spacial score (nSPS) is 18.8. The van der Waals surface area contributed by atoms with Crippen LogP contribution in [0, 0.1) is 5.92 Å². The van der Waals surface area contributed by atoms with Gasteiger partial charge in [-0.3, -0.25) is 9.59 Å². The van der Waals surface area contributed by atoms with Gasteiger partial charge in [-0.15, -0.1) is 0 Å². The van der Waals surface area contributed by atoms with E-state index in [0.717, 1.165) is 43.6 Å². The quantitative estimate of drug-likeness (QED) is 0.854. The molecule has 1 aliphatic carbocycles. The van der Waals surface area contributed by atoms with E-state index in [4.69, 9.17) is 0 Å². The smallest absolute Gasteiger partial charge is 0.253 e. The Labute approximate surface area is 144 Å². The lowest BCUT2D eigenvalue weighted by Crippen LogP contribution is -2.41. The molecular weight excluding hydrogens is 302 g/mol. The number of nitrogens with zero attached hydrogens (tertiary/aromatic N) is 3. The first-order valence-electron chi connectivity index (χ1n) is 8.91. The molecule has 5 nitrogen and oxygen atoms in total. The van der Waals surface area contributed by atoms with E-state index in [1.807, 2.05) is 53.1 Å². The van der Waals surface area contributed by atoms with E-state index in [-0.39, 0.29) is 11.8 Å². The lowest BCUT2D eigenvalue weighted by atomic mass is 9.84. The fraction of sp³-hybridized carbons (Fsp3) is 0.579. The van der Waals surface area contributed by atoms with Crippen LogP contribution in [0.1, 0.15) is 36.0 Å². The van der Waals surface area contributed by atoms with Gasteiger partial charge in [0.25, 0.3) is 5.91 Å². The SMILES string of the molecule is CN(C)c1cccc(C(=O)N2CCCN(C(=O)C3CCC3)CC2)c1. The summed E-state index contributed by atoms with van der Waals surface area (Å²) in [5, 5.41) is 0. The molecule has 2 aliphatic rings. The molecule has 0 spiro atoms. The third kappa shape index (κ3) is 3.55. The third-order valence-corrected chi connectivity index (χ3v) is 5.16. The lowest BCUT2D eigenvalue weighted by molar-refractivity contribution is -0.138. The topological polar surface area (TPSA) is 43.9 Å². The summed E-state index contributed by atoms with van der Waals surface area (Å²) in [6.45, 7) is 2.79. The molecule has 1 aromatic rings. The first-order chi connectivity index (χ1) is 11.6. The van der Waals surface area contributed by atoms with Crippen LogP contribution in [0.5, 0.6) is 0 Å². The second kappa shape index (κ2) is 7.24. The molecule has 0 aromatic heterocycles. The van der Waals surface area contributed by atoms with Gasteiger partial charge in [0.1, 0.15) is 0 Å². The maximum atomic E-state index is 12.8. The molecule has 0 bridgehead atoms. The number of amides is 2. The fourth-order valence-electron chi connectivity index (χ4n) is 3.35. The highest BCUT2D eigenvalue weighted by atomic mass is 16.2. The molecule has 0 atom stereocenters. The third-order valence-electron chi connectivity index (χ3n) is 5.16. The van der Waals surface area contributed by atoms with Gasteiger partial charge in [-0.1, -0.05) is 12.5 Å². The van der Waals surface area contributed by atoms with Gasteiger partial charge in [-0.25, -0.2) is 0 Å². The predicted molar refractivity (Wildman–Crippen MR) is 95.2 cm³/mol. The molecule has 5 heteroatoms. The molecule has 1 aliphatic heterocycles. The minimum Gasteiger partial charge on any atom is -0.378 e. The molecule has 2 amide bonds. The summed E-state index contributed by atoms with van der Waals surface area (Å²) >= 11 is 0. The van der Waals surface area contributed by atoms with E-state index >= 15 is 0 Å². The average Bonchev–Trinajstić information content (AvgIpc) is 2.78. The van der Waals surface area contributed by atoms with Gasteiger partial charge in [-0.2, -0.15) is 0 Å². The van der Waals surface area contributed by atoms with Crippen molar-refractivity contribution in [1.29, 1.82) is 0 Å². The summed E-state index contributed by atoms with van der Waals surface area (Å²) in [5.74, 6) is 0.603. The largest absolute Gasteiger partial charge is 0.378 e. The molecule has 2 fully saturated rings. The molecule has 1 saturated carbocycles. The van der Waals surface area contributed by atoms with Crippen LogP contribution in [0.3, 0.4) is 0 Å². The minimum atomic E-state index is 0.0663. The van der Waals surface area contributed by atoms with E-state index in [9.17, 15) is 9.59 Å². The number of benzene rings is 1. The van der Waals surface area contributed by atoms with Crippen molar-refractivity contribution in [2.45, 2.75) is 25.7 Å². The average molecular weight is 329 g/mol. The Bertz CT molecular complexity index is 610. The number of hydrogen-bond donors (Lipinski definition) is 0. The Morgan fingerprint density at radius 3 is 2.38 bits per heavy atom. The molecular formula is C19H27N3O2. The molecule has 0 unspecified atom stereocenters. The van der Waals surface area contributed by atoms with E-state index in [1.165, 1.54) is 6.42 Å². The van der Waals surface area contributed by atoms with E-state index in [1.54, 1.807) is 0 Å². The van der Waals surface area contributed by atoms with Gasteiger partial charge in [0.15, 0.2) is 0 Å². The Balaban J connectivity index is 1.64. The van der Waals surface area contributed by atoms with Crippen LogP contribution in [0.25, 0.3) is 0 Å². The second-order valence-electron chi connectivity index (χ2n) is 7.04. The second-order valence-corrected chi connectivity index (χ2v) is 7.04. The van der Waals surface area contributed by atoms with Crippen LogP contribution in [-0.4, -0.2) is 61.9 Å². The van der Waals surface area contributed by atoms with Crippen molar-refractivity contribution in [2.75, 3.05) is 45.2 Å². The van der Waals surface area contributed by atoms with Crippen LogP contribution in [-0.2, 0) is 4.79 Å². The Morgan fingerprint density at radius 1 is 1.00 bits per heavy atom. The fourth-order valence-corrected chi connectivity index (χ4v) is 3.35. The summed E-state index contributed by atoms with van der Waals surface area (Å²) in [4.78, 5) is 31.1. The summed E-state index contributed by atoms with van der Waals surface area (Å²) < 4.78 is 0. The highest BCUT2D eigenvalue weighted by molar-refractivity contribution is 5.95. The first-order valence-corrected chi connectivity index (χ1v) is 8.91. The minimum absolute atomic E-state index is 0.0663. The Hall–Kier alpha value is -2.04. The summed E-state index contributed by atoms with van der Waals surface area (Å²) in [6.07, 6.45) is 4.11. The van der Waals surface area contributed by atoms with Crippen molar-refractivity contribution in [1.82, 2.24) is 9.80 Å². The van der Waals surface area contributed by atoms with Crippen LogP contribution in [0.4, 0.5) is 5.69 Å².